The zero-order valence-corrected chi connectivity index (χ0v) is 10.7. The summed E-state index contributed by atoms with van der Waals surface area (Å²) in [6.07, 6.45) is 1.00. The van der Waals surface area contributed by atoms with Crippen molar-refractivity contribution in [2.45, 2.75) is 19.9 Å². The van der Waals surface area contributed by atoms with Crippen molar-refractivity contribution in [3.8, 4) is 0 Å². The van der Waals surface area contributed by atoms with Crippen LogP contribution >= 0.6 is 0 Å². The van der Waals surface area contributed by atoms with Crippen LogP contribution in [0.5, 0.6) is 0 Å². The highest BCUT2D eigenvalue weighted by molar-refractivity contribution is 5.93. The number of amides is 2. The second-order valence-electron chi connectivity index (χ2n) is 4.81. The van der Waals surface area contributed by atoms with Crippen LogP contribution in [0, 0.1) is 11.8 Å². The van der Waals surface area contributed by atoms with Crippen molar-refractivity contribution in [3.63, 3.8) is 0 Å². The van der Waals surface area contributed by atoms with Gasteiger partial charge >= 0.3 is 0 Å². The molecule has 0 saturated heterocycles. The van der Waals surface area contributed by atoms with Gasteiger partial charge in [-0.25, -0.2) is 0 Å². The second-order valence-corrected chi connectivity index (χ2v) is 4.81. The van der Waals surface area contributed by atoms with E-state index in [2.05, 4.69) is 17.6 Å². The highest BCUT2D eigenvalue weighted by Crippen LogP contribution is 2.37. The highest BCUT2D eigenvalue weighted by Gasteiger charge is 2.38. The lowest BCUT2D eigenvalue weighted by Gasteiger charge is -2.05. The van der Waals surface area contributed by atoms with Gasteiger partial charge in [0.1, 0.15) is 0 Å². The minimum absolute atomic E-state index is 0.0996. The molecule has 1 aromatic carbocycles. The van der Waals surface area contributed by atoms with Gasteiger partial charge in [-0.1, -0.05) is 19.1 Å². The van der Waals surface area contributed by atoms with Crippen molar-refractivity contribution >= 4 is 11.8 Å². The molecule has 1 aliphatic carbocycles. The third kappa shape index (κ3) is 2.88. The van der Waals surface area contributed by atoms with Crippen LogP contribution in [0.4, 0.5) is 0 Å². The molecule has 18 heavy (non-hydrogen) atoms. The Morgan fingerprint density at radius 1 is 1.28 bits per heavy atom. The molecule has 0 unspecified atom stereocenters. The summed E-state index contributed by atoms with van der Waals surface area (Å²) in [6, 6.07) is 7.25. The summed E-state index contributed by atoms with van der Waals surface area (Å²) in [6.45, 7) is 2.61. The van der Waals surface area contributed by atoms with E-state index in [0.29, 0.717) is 18.0 Å². The molecule has 1 saturated carbocycles. The molecule has 2 N–H and O–H groups in total. The smallest absolute Gasteiger partial charge is 0.251 e. The molecule has 0 aliphatic heterocycles. The van der Waals surface area contributed by atoms with E-state index in [4.69, 9.17) is 0 Å². The maximum atomic E-state index is 11.6. The fourth-order valence-electron chi connectivity index (χ4n) is 1.93. The Hall–Kier alpha value is -1.84. The van der Waals surface area contributed by atoms with E-state index in [0.717, 1.165) is 12.0 Å². The Bertz CT molecular complexity index is 453. The monoisotopic (exact) mass is 246 g/mol. The number of carbonyl (C=O) groups is 2. The normalized spacial score (nSPS) is 21.2. The summed E-state index contributed by atoms with van der Waals surface area (Å²) in [5.41, 5.74) is 1.63. The number of rotatable bonds is 4. The van der Waals surface area contributed by atoms with Gasteiger partial charge in [0.2, 0.25) is 5.91 Å². The predicted molar refractivity (Wildman–Crippen MR) is 68.9 cm³/mol. The van der Waals surface area contributed by atoms with Crippen LogP contribution in [-0.4, -0.2) is 18.9 Å². The minimum atomic E-state index is -0.0996. The SMILES string of the molecule is CNC(=O)c1ccc(CNC(=O)[C@@H]2C[C@H]2C)cc1. The van der Waals surface area contributed by atoms with Crippen molar-refractivity contribution in [1.29, 1.82) is 0 Å². The highest BCUT2D eigenvalue weighted by atomic mass is 16.2. The van der Waals surface area contributed by atoms with Crippen LogP contribution in [0.25, 0.3) is 0 Å². The molecule has 1 aliphatic rings. The topological polar surface area (TPSA) is 58.2 Å². The van der Waals surface area contributed by atoms with Crippen LogP contribution in [0.2, 0.25) is 0 Å². The Labute approximate surface area is 107 Å². The first-order valence-corrected chi connectivity index (χ1v) is 6.20. The van der Waals surface area contributed by atoms with Crippen molar-refractivity contribution in [2.24, 2.45) is 11.8 Å². The van der Waals surface area contributed by atoms with Gasteiger partial charge in [0, 0.05) is 25.1 Å². The molecule has 4 nitrogen and oxygen atoms in total. The Balaban J connectivity index is 1.86. The van der Waals surface area contributed by atoms with Gasteiger partial charge in [0.05, 0.1) is 0 Å². The molecular weight excluding hydrogens is 228 g/mol. The first-order chi connectivity index (χ1) is 8.61. The standard InChI is InChI=1S/C14H18N2O2/c1-9-7-12(9)14(18)16-8-10-3-5-11(6-4-10)13(17)15-2/h3-6,9,12H,7-8H2,1-2H3,(H,15,17)(H,16,18)/t9-,12-/m1/s1. The molecule has 2 rings (SSSR count). The van der Waals surface area contributed by atoms with E-state index in [1.54, 1.807) is 19.2 Å². The Morgan fingerprint density at radius 3 is 2.39 bits per heavy atom. The lowest BCUT2D eigenvalue weighted by atomic mass is 10.1. The zero-order valence-electron chi connectivity index (χ0n) is 10.7. The molecule has 4 heteroatoms. The summed E-state index contributed by atoms with van der Waals surface area (Å²) in [4.78, 5) is 23.0. The summed E-state index contributed by atoms with van der Waals surface area (Å²) in [7, 11) is 1.60. The number of nitrogens with one attached hydrogen (secondary N) is 2. The minimum Gasteiger partial charge on any atom is -0.355 e. The van der Waals surface area contributed by atoms with Gasteiger partial charge in [-0.05, 0) is 30.0 Å². The Kier molecular flexibility index (Phi) is 3.65. The fourth-order valence-corrected chi connectivity index (χ4v) is 1.93. The summed E-state index contributed by atoms with van der Waals surface area (Å²) >= 11 is 0. The Morgan fingerprint density at radius 2 is 1.89 bits per heavy atom. The van der Waals surface area contributed by atoms with Crippen molar-refractivity contribution < 1.29 is 9.59 Å². The molecule has 2 atom stereocenters. The van der Waals surface area contributed by atoms with Gasteiger partial charge in [0.15, 0.2) is 0 Å². The molecule has 0 radical (unpaired) electrons. The van der Waals surface area contributed by atoms with Crippen molar-refractivity contribution in [3.05, 3.63) is 35.4 Å². The molecule has 2 amide bonds. The van der Waals surface area contributed by atoms with Gasteiger partial charge in [-0.3, -0.25) is 9.59 Å². The summed E-state index contributed by atoms with van der Waals surface area (Å²) in [5.74, 6) is 0.769. The van der Waals surface area contributed by atoms with Crippen LogP contribution in [0.1, 0.15) is 29.3 Å². The van der Waals surface area contributed by atoms with Gasteiger partial charge in [-0.2, -0.15) is 0 Å². The molecule has 0 heterocycles. The molecule has 96 valence electrons. The van der Waals surface area contributed by atoms with Crippen LogP contribution in [0.3, 0.4) is 0 Å². The average molecular weight is 246 g/mol. The lowest BCUT2D eigenvalue weighted by Crippen LogP contribution is -2.25. The third-order valence-electron chi connectivity index (χ3n) is 3.36. The van der Waals surface area contributed by atoms with Crippen LogP contribution in [-0.2, 0) is 11.3 Å². The zero-order chi connectivity index (χ0) is 13.1. The van der Waals surface area contributed by atoms with Gasteiger partial charge in [-0.15, -0.1) is 0 Å². The lowest BCUT2D eigenvalue weighted by molar-refractivity contribution is -0.122. The van der Waals surface area contributed by atoms with E-state index in [1.165, 1.54) is 0 Å². The van der Waals surface area contributed by atoms with Gasteiger partial charge < -0.3 is 10.6 Å². The molecule has 1 aromatic rings. The maximum absolute atomic E-state index is 11.6. The van der Waals surface area contributed by atoms with E-state index < -0.39 is 0 Å². The quantitative estimate of drug-likeness (QED) is 0.841. The van der Waals surface area contributed by atoms with Crippen molar-refractivity contribution in [1.82, 2.24) is 10.6 Å². The largest absolute Gasteiger partial charge is 0.355 e. The number of carbonyl (C=O) groups excluding carboxylic acids is 2. The molecule has 0 aromatic heterocycles. The van der Waals surface area contributed by atoms with Crippen LogP contribution < -0.4 is 10.6 Å². The molecule has 1 fully saturated rings. The molecule has 0 bridgehead atoms. The molecule has 0 spiro atoms. The van der Waals surface area contributed by atoms with Gasteiger partial charge in [0.25, 0.3) is 5.91 Å². The predicted octanol–water partition coefficient (Wildman–Crippen LogP) is 1.32. The first kappa shape index (κ1) is 12.6. The van der Waals surface area contributed by atoms with Crippen molar-refractivity contribution in [2.75, 3.05) is 7.05 Å². The van der Waals surface area contributed by atoms with E-state index in [-0.39, 0.29) is 17.7 Å². The fraction of sp³-hybridized carbons (Fsp3) is 0.429. The summed E-state index contributed by atoms with van der Waals surface area (Å²) in [5, 5.41) is 5.48. The second kappa shape index (κ2) is 5.21. The number of hydrogen-bond acceptors (Lipinski definition) is 2. The molecular formula is C14H18N2O2. The first-order valence-electron chi connectivity index (χ1n) is 6.20. The maximum Gasteiger partial charge on any atom is 0.251 e. The number of benzene rings is 1. The number of hydrogen-bond donors (Lipinski definition) is 2. The van der Waals surface area contributed by atoms with E-state index in [1.807, 2.05) is 12.1 Å². The third-order valence-corrected chi connectivity index (χ3v) is 3.36. The summed E-state index contributed by atoms with van der Waals surface area (Å²) < 4.78 is 0. The average Bonchev–Trinajstić information content (AvgIpc) is 3.13. The van der Waals surface area contributed by atoms with E-state index >= 15 is 0 Å². The van der Waals surface area contributed by atoms with E-state index in [9.17, 15) is 9.59 Å². The van der Waals surface area contributed by atoms with Crippen LogP contribution in [0.15, 0.2) is 24.3 Å².